The Balaban J connectivity index is 2.18. The largest absolute Gasteiger partial charge is 0.416 e. The number of nitrogens with one attached hydrogen (secondary N) is 2. The van der Waals surface area contributed by atoms with Crippen molar-refractivity contribution in [1.29, 1.82) is 0 Å². The smallest absolute Gasteiger partial charge is 0.328 e. The van der Waals surface area contributed by atoms with Gasteiger partial charge in [-0.15, -0.1) is 0 Å². The number of alkyl halides is 3. The molecule has 0 bridgehead atoms. The molecule has 1 aromatic rings. The van der Waals surface area contributed by atoms with Crippen molar-refractivity contribution in [3.8, 4) is 0 Å². The zero-order chi connectivity index (χ0) is 12.3. The third kappa shape index (κ3) is 2.88. The minimum absolute atomic E-state index is 0.146. The fraction of sp³-hybridized carbons (Fsp3) is 0.167. The summed E-state index contributed by atoms with van der Waals surface area (Å²) in [6.45, 7) is 0. The maximum atomic E-state index is 12.4. The number of hydrogen-bond acceptors (Lipinski definition) is 2. The topological polar surface area (TPSA) is 24.1 Å². The fourth-order valence-corrected chi connectivity index (χ4v) is 1.54. The van der Waals surface area contributed by atoms with Crippen molar-refractivity contribution < 1.29 is 13.2 Å². The second-order valence-corrected chi connectivity index (χ2v) is 3.63. The van der Waals surface area contributed by atoms with Crippen LogP contribution in [-0.2, 0) is 6.18 Å². The lowest BCUT2D eigenvalue weighted by Crippen LogP contribution is -2.29. The van der Waals surface area contributed by atoms with Crippen LogP contribution in [0, 0.1) is 0 Å². The minimum Gasteiger partial charge on any atom is -0.328 e. The Kier molecular flexibility index (Phi) is 3.19. The molecular formula is C12H11F3N2. The average molecular weight is 240 g/mol. The van der Waals surface area contributed by atoms with E-state index in [0.29, 0.717) is 0 Å². The number of allylic oxidation sites excluding steroid dienone is 2. The predicted molar refractivity (Wildman–Crippen MR) is 58.7 cm³/mol. The van der Waals surface area contributed by atoms with Crippen LogP contribution in [0.1, 0.15) is 17.2 Å². The highest BCUT2D eigenvalue weighted by Gasteiger charge is 2.30. The lowest BCUT2D eigenvalue weighted by Gasteiger charge is -2.15. The van der Waals surface area contributed by atoms with Crippen LogP contribution in [0.2, 0.25) is 0 Å². The van der Waals surface area contributed by atoms with Crippen molar-refractivity contribution >= 4 is 0 Å². The summed E-state index contributed by atoms with van der Waals surface area (Å²) >= 11 is 0. The van der Waals surface area contributed by atoms with Gasteiger partial charge in [0.1, 0.15) is 0 Å². The third-order valence-electron chi connectivity index (χ3n) is 2.43. The number of hydrazine groups is 1. The first-order valence-electron chi connectivity index (χ1n) is 5.09. The van der Waals surface area contributed by atoms with E-state index in [1.165, 1.54) is 12.1 Å². The normalized spacial score (nSPS) is 19.8. The lowest BCUT2D eigenvalue weighted by molar-refractivity contribution is -0.137. The van der Waals surface area contributed by atoms with Gasteiger partial charge in [-0.1, -0.05) is 24.3 Å². The molecule has 2 N–H and O–H groups in total. The minimum atomic E-state index is -4.29. The zero-order valence-electron chi connectivity index (χ0n) is 8.83. The van der Waals surface area contributed by atoms with Gasteiger partial charge in [0, 0.05) is 6.20 Å². The van der Waals surface area contributed by atoms with Gasteiger partial charge in [-0.3, -0.25) is 0 Å². The quantitative estimate of drug-likeness (QED) is 0.788. The Bertz CT molecular complexity index is 432. The number of benzene rings is 1. The molecule has 1 aromatic carbocycles. The van der Waals surface area contributed by atoms with Crippen LogP contribution in [0.5, 0.6) is 0 Å². The standard InChI is InChI=1S/C12H11F3N2/c13-12(14,15)10-6-4-9(5-7-10)11-3-1-2-8-16-17-11/h1-8,11,16-17H. The molecule has 0 saturated carbocycles. The first kappa shape index (κ1) is 11.7. The van der Waals surface area contributed by atoms with Crippen molar-refractivity contribution in [2.45, 2.75) is 12.2 Å². The van der Waals surface area contributed by atoms with Gasteiger partial charge in [0.15, 0.2) is 0 Å². The van der Waals surface area contributed by atoms with Crippen LogP contribution in [0.15, 0.2) is 48.7 Å². The zero-order valence-corrected chi connectivity index (χ0v) is 8.83. The van der Waals surface area contributed by atoms with Crippen LogP contribution in [0.4, 0.5) is 13.2 Å². The molecule has 0 aromatic heterocycles. The van der Waals surface area contributed by atoms with Crippen molar-refractivity contribution in [2.75, 3.05) is 0 Å². The van der Waals surface area contributed by atoms with Crippen LogP contribution in [0.25, 0.3) is 0 Å². The van der Waals surface area contributed by atoms with Crippen molar-refractivity contribution in [3.05, 3.63) is 59.8 Å². The van der Waals surface area contributed by atoms with Gasteiger partial charge in [0.05, 0.1) is 11.6 Å². The molecule has 1 aliphatic rings. The van der Waals surface area contributed by atoms with Gasteiger partial charge >= 0.3 is 6.18 Å². The van der Waals surface area contributed by atoms with Gasteiger partial charge in [0.25, 0.3) is 0 Å². The van der Waals surface area contributed by atoms with Crippen molar-refractivity contribution in [1.82, 2.24) is 10.9 Å². The molecule has 1 aliphatic heterocycles. The first-order chi connectivity index (χ1) is 8.07. The Labute approximate surface area is 96.8 Å². The van der Waals surface area contributed by atoms with Gasteiger partial charge < -0.3 is 5.43 Å². The Morgan fingerprint density at radius 2 is 1.71 bits per heavy atom. The molecule has 17 heavy (non-hydrogen) atoms. The van der Waals surface area contributed by atoms with E-state index in [2.05, 4.69) is 10.9 Å². The molecule has 0 saturated heterocycles. The second-order valence-electron chi connectivity index (χ2n) is 3.63. The molecule has 2 rings (SSSR count). The summed E-state index contributed by atoms with van der Waals surface area (Å²) in [5.74, 6) is 0. The summed E-state index contributed by atoms with van der Waals surface area (Å²) in [4.78, 5) is 0. The van der Waals surface area contributed by atoms with Gasteiger partial charge in [-0.25, -0.2) is 5.43 Å². The summed E-state index contributed by atoms with van der Waals surface area (Å²) in [6.07, 6.45) is 2.91. The molecule has 1 unspecified atom stereocenters. The molecule has 0 spiro atoms. The number of hydrogen-bond donors (Lipinski definition) is 2. The van der Waals surface area contributed by atoms with Gasteiger partial charge in [0.2, 0.25) is 0 Å². The summed E-state index contributed by atoms with van der Waals surface area (Å²) < 4.78 is 37.1. The van der Waals surface area contributed by atoms with E-state index in [4.69, 9.17) is 0 Å². The van der Waals surface area contributed by atoms with Crippen LogP contribution in [-0.4, -0.2) is 0 Å². The number of rotatable bonds is 1. The molecule has 90 valence electrons. The van der Waals surface area contributed by atoms with E-state index in [9.17, 15) is 13.2 Å². The fourth-order valence-electron chi connectivity index (χ4n) is 1.54. The highest BCUT2D eigenvalue weighted by atomic mass is 19.4. The van der Waals surface area contributed by atoms with Crippen LogP contribution < -0.4 is 10.9 Å². The molecule has 0 fully saturated rings. The van der Waals surface area contributed by atoms with E-state index in [1.54, 1.807) is 12.3 Å². The van der Waals surface area contributed by atoms with E-state index in [0.717, 1.165) is 17.7 Å². The molecule has 5 heteroatoms. The first-order valence-corrected chi connectivity index (χ1v) is 5.09. The predicted octanol–water partition coefficient (Wildman–Crippen LogP) is 2.92. The molecule has 0 amide bonds. The maximum absolute atomic E-state index is 12.4. The van der Waals surface area contributed by atoms with Gasteiger partial charge in [-0.05, 0) is 23.8 Å². The van der Waals surface area contributed by atoms with E-state index < -0.39 is 11.7 Å². The van der Waals surface area contributed by atoms with E-state index in [-0.39, 0.29) is 6.04 Å². The second kappa shape index (κ2) is 4.63. The average Bonchev–Trinajstić information content (AvgIpc) is 2.56. The molecule has 0 aliphatic carbocycles. The molecule has 1 atom stereocenters. The maximum Gasteiger partial charge on any atom is 0.416 e. The SMILES string of the molecule is FC(F)(F)c1ccc(C2C=CC=CNN2)cc1. The van der Waals surface area contributed by atoms with Crippen molar-refractivity contribution in [2.24, 2.45) is 0 Å². The summed E-state index contributed by atoms with van der Waals surface area (Å²) in [6, 6.07) is 4.97. The van der Waals surface area contributed by atoms with Crippen LogP contribution >= 0.6 is 0 Å². The highest BCUT2D eigenvalue weighted by molar-refractivity contribution is 5.30. The van der Waals surface area contributed by atoms with Crippen molar-refractivity contribution in [3.63, 3.8) is 0 Å². The molecule has 0 radical (unpaired) electrons. The van der Waals surface area contributed by atoms with E-state index >= 15 is 0 Å². The van der Waals surface area contributed by atoms with Gasteiger partial charge in [-0.2, -0.15) is 13.2 Å². The van der Waals surface area contributed by atoms with Crippen LogP contribution in [0.3, 0.4) is 0 Å². The molecule has 1 heterocycles. The molecular weight excluding hydrogens is 229 g/mol. The summed E-state index contributed by atoms with van der Waals surface area (Å²) in [5, 5.41) is 0. The Hall–Kier alpha value is -1.75. The third-order valence-corrected chi connectivity index (χ3v) is 2.43. The highest BCUT2D eigenvalue weighted by Crippen LogP contribution is 2.30. The lowest BCUT2D eigenvalue weighted by atomic mass is 10.0. The van der Waals surface area contributed by atoms with E-state index in [1.807, 2.05) is 12.2 Å². The summed E-state index contributed by atoms with van der Waals surface area (Å²) in [7, 11) is 0. The summed E-state index contributed by atoms with van der Waals surface area (Å²) in [5.41, 5.74) is 5.91. The monoisotopic (exact) mass is 240 g/mol. The Morgan fingerprint density at radius 3 is 2.35 bits per heavy atom. The Morgan fingerprint density at radius 1 is 1.00 bits per heavy atom. The molecule has 2 nitrogen and oxygen atoms in total. The number of halogens is 3.